The predicted molar refractivity (Wildman–Crippen MR) is 80.3 cm³/mol. The maximum atomic E-state index is 6.00. The van der Waals surface area contributed by atoms with Crippen LogP contribution in [-0.2, 0) is 0 Å². The number of rotatable bonds is 1. The molecule has 4 heteroatoms. The van der Waals surface area contributed by atoms with Gasteiger partial charge < -0.3 is 5.73 Å². The van der Waals surface area contributed by atoms with E-state index in [-0.39, 0.29) is 0 Å². The van der Waals surface area contributed by atoms with Crippen molar-refractivity contribution in [3.63, 3.8) is 0 Å². The van der Waals surface area contributed by atoms with E-state index in [1.54, 1.807) is 0 Å². The number of benzene rings is 2. The first kappa shape index (κ1) is 11.0. The first-order chi connectivity index (χ1) is 9.83. The smallest absolute Gasteiger partial charge is 0.235 e. The fourth-order valence-electron chi connectivity index (χ4n) is 2.43. The van der Waals surface area contributed by atoms with Gasteiger partial charge in [-0.2, -0.15) is 0 Å². The van der Waals surface area contributed by atoms with Crippen molar-refractivity contribution in [1.82, 2.24) is 14.4 Å². The summed E-state index contributed by atoms with van der Waals surface area (Å²) in [4.78, 5) is 9.16. The molecule has 0 saturated carbocycles. The van der Waals surface area contributed by atoms with Crippen LogP contribution in [0.1, 0.15) is 0 Å². The van der Waals surface area contributed by atoms with Crippen LogP contribution in [0.15, 0.2) is 60.8 Å². The Bertz CT molecular complexity index is 924. The molecule has 20 heavy (non-hydrogen) atoms. The highest BCUT2D eigenvalue weighted by Crippen LogP contribution is 2.25. The molecule has 0 radical (unpaired) electrons. The maximum Gasteiger partial charge on any atom is 0.235 e. The summed E-state index contributed by atoms with van der Waals surface area (Å²) >= 11 is 0. The van der Waals surface area contributed by atoms with Gasteiger partial charge in [-0.1, -0.05) is 30.3 Å². The molecule has 4 aromatic rings. The summed E-state index contributed by atoms with van der Waals surface area (Å²) in [6.45, 7) is 0. The zero-order valence-electron chi connectivity index (χ0n) is 10.7. The molecule has 0 spiro atoms. The molecular formula is C16H12N4. The summed E-state index contributed by atoms with van der Waals surface area (Å²) in [5.41, 5.74) is 10.5. The predicted octanol–water partition coefficient (Wildman–Crippen LogP) is 3.13. The summed E-state index contributed by atoms with van der Waals surface area (Å²) in [5, 5.41) is 0. The zero-order valence-corrected chi connectivity index (χ0v) is 10.7. The van der Waals surface area contributed by atoms with Crippen molar-refractivity contribution in [3.8, 4) is 11.3 Å². The van der Waals surface area contributed by atoms with E-state index in [2.05, 4.69) is 9.97 Å². The van der Waals surface area contributed by atoms with Crippen LogP contribution in [0, 0.1) is 0 Å². The number of nitrogens with two attached hydrogens (primary N) is 1. The first-order valence-corrected chi connectivity index (χ1v) is 6.42. The molecule has 0 aliphatic carbocycles. The highest BCUT2D eigenvalue weighted by atomic mass is 15.1. The Morgan fingerprint density at radius 3 is 2.55 bits per heavy atom. The molecule has 2 heterocycles. The Morgan fingerprint density at radius 1 is 0.850 bits per heavy atom. The van der Waals surface area contributed by atoms with Gasteiger partial charge in [0, 0.05) is 17.4 Å². The topological polar surface area (TPSA) is 56.2 Å². The van der Waals surface area contributed by atoms with E-state index in [0.29, 0.717) is 5.78 Å². The summed E-state index contributed by atoms with van der Waals surface area (Å²) < 4.78 is 1.98. The summed E-state index contributed by atoms with van der Waals surface area (Å²) in [5.74, 6) is 0.687. The minimum absolute atomic E-state index is 0.687. The quantitative estimate of drug-likeness (QED) is 0.535. The van der Waals surface area contributed by atoms with Crippen LogP contribution in [0.2, 0.25) is 0 Å². The van der Waals surface area contributed by atoms with Crippen molar-refractivity contribution in [2.75, 3.05) is 5.73 Å². The summed E-state index contributed by atoms with van der Waals surface area (Å²) in [7, 11) is 0. The van der Waals surface area contributed by atoms with Crippen LogP contribution in [0.4, 0.5) is 5.69 Å². The van der Waals surface area contributed by atoms with Gasteiger partial charge in [0.25, 0.3) is 0 Å². The highest BCUT2D eigenvalue weighted by Gasteiger charge is 2.08. The van der Waals surface area contributed by atoms with Gasteiger partial charge in [-0.15, -0.1) is 0 Å². The third kappa shape index (κ3) is 1.55. The third-order valence-electron chi connectivity index (χ3n) is 3.42. The SMILES string of the molecule is Nc1ccccc1-c1ccn2c(n1)nc1ccccc12. The number of para-hydroxylation sites is 3. The number of nitrogen functional groups attached to an aromatic ring is 1. The summed E-state index contributed by atoms with van der Waals surface area (Å²) in [6.07, 6.45) is 1.99. The van der Waals surface area contributed by atoms with E-state index in [4.69, 9.17) is 5.73 Å². The molecule has 2 aromatic heterocycles. The van der Waals surface area contributed by atoms with E-state index in [1.807, 2.05) is 65.2 Å². The van der Waals surface area contributed by atoms with Crippen molar-refractivity contribution in [2.45, 2.75) is 0 Å². The molecule has 0 atom stereocenters. The molecule has 4 nitrogen and oxygen atoms in total. The average Bonchev–Trinajstić information content (AvgIpc) is 2.85. The second-order valence-electron chi connectivity index (χ2n) is 4.67. The number of hydrogen-bond donors (Lipinski definition) is 1. The lowest BCUT2D eigenvalue weighted by Crippen LogP contribution is -1.94. The van der Waals surface area contributed by atoms with Crippen LogP contribution in [0.3, 0.4) is 0 Å². The number of anilines is 1. The highest BCUT2D eigenvalue weighted by molar-refractivity contribution is 5.81. The maximum absolute atomic E-state index is 6.00. The standard InChI is InChI=1S/C16H12N4/c17-12-6-2-1-5-11(12)13-9-10-20-15-8-4-3-7-14(15)19-16(20)18-13/h1-10H,17H2. The second kappa shape index (κ2) is 4.06. The number of aromatic nitrogens is 3. The van der Waals surface area contributed by atoms with Crippen molar-refractivity contribution in [2.24, 2.45) is 0 Å². The molecule has 0 saturated heterocycles. The number of hydrogen-bond acceptors (Lipinski definition) is 3. The Kier molecular flexibility index (Phi) is 2.23. The van der Waals surface area contributed by atoms with Gasteiger partial charge in [0.1, 0.15) is 0 Å². The molecule has 0 aliphatic heterocycles. The Hall–Kier alpha value is -2.88. The molecule has 96 valence electrons. The monoisotopic (exact) mass is 260 g/mol. The minimum Gasteiger partial charge on any atom is -0.398 e. The molecule has 0 fully saturated rings. The number of nitrogens with zero attached hydrogens (tertiary/aromatic N) is 3. The lowest BCUT2D eigenvalue weighted by atomic mass is 10.1. The molecule has 0 bridgehead atoms. The Morgan fingerprint density at radius 2 is 1.65 bits per heavy atom. The van der Waals surface area contributed by atoms with Gasteiger partial charge in [-0.25, -0.2) is 9.97 Å². The molecule has 0 amide bonds. The lowest BCUT2D eigenvalue weighted by Gasteiger charge is -2.04. The van der Waals surface area contributed by atoms with Crippen molar-refractivity contribution < 1.29 is 0 Å². The Balaban J connectivity index is 2.00. The van der Waals surface area contributed by atoms with Gasteiger partial charge in [0.15, 0.2) is 0 Å². The minimum atomic E-state index is 0.687. The molecule has 2 N–H and O–H groups in total. The van der Waals surface area contributed by atoms with E-state index in [9.17, 15) is 0 Å². The van der Waals surface area contributed by atoms with Gasteiger partial charge in [0.05, 0.1) is 16.7 Å². The van der Waals surface area contributed by atoms with Gasteiger partial charge in [-0.05, 0) is 24.3 Å². The molecular weight excluding hydrogens is 248 g/mol. The van der Waals surface area contributed by atoms with Crippen LogP contribution in [0.5, 0.6) is 0 Å². The Labute approximate surface area is 115 Å². The van der Waals surface area contributed by atoms with Crippen molar-refractivity contribution in [1.29, 1.82) is 0 Å². The zero-order chi connectivity index (χ0) is 13.5. The van der Waals surface area contributed by atoms with Crippen LogP contribution >= 0.6 is 0 Å². The molecule has 0 aliphatic rings. The van der Waals surface area contributed by atoms with Crippen LogP contribution in [-0.4, -0.2) is 14.4 Å². The molecule has 0 unspecified atom stereocenters. The average molecular weight is 260 g/mol. The van der Waals surface area contributed by atoms with Crippen LogP contribution < -0.4 is 5.73 Å². The van der Waals surface area contributed by atoms with E-state index < -0.39 is 0 Å². The first-order valence-electron chi connectivity index (χ1n) is 6.42. The van der Waals surface area contributed by atoms with E-state index in [1.165, 1.54) is 0 Å². The van der Waals surface area contributed by atoms with Crippen LogP contribution in [0.25, 0.3) is 28.1 Å². The van der Waals surface area contributed by atoms with Gasteiger partial charge >= 0.3 is 0 Å². The second-order valence-corrected chi connectivity index (χ2v) is 4.67. The normalized spacial score (nSPS) is 11.2. The summed E-state index contributed by atoms with van der Waals surface area (Å²) in [6, 6.07) is 17.7. The number of imidazole rings is 1. The fraction of sp³-hybridized carbons (Fsp3) is 0. The van der Waals surface area contributed by atoms with E-state index >= 15 is 0 Å². The molecule has 4 rings (SSSR count). The van der Waals surface area contributed by atoms with Crippen molar-refractivity contribution >= 4 is 22.5 Å². The van der Waals surface area contributed by atoms with Crippen molar-refractivity contribution in [3.05, 3.63) is 60.8 Å². The number of fused-ring (bicyclic) bond motifs is 3. The van der Waals surface area contributed by atoms with Gasteiger partial charge in [-0.3, -0.25) is 4.40 Å². The fourth-order valence-corrected chi connectivity index (χ4v) is 2.43. The largest absolute Gasteiger partial charge is 0.398 e. The van der Waals surface area contributed by atoms with E-state index in [0.717, 1.165) is 28.0 Å². The van der Waals surface area contributed by atoms with Gasteiger partial charge in [0.2, 0.25) is 5.78 Å². The third-order valence-corrected chi connectivity index (χ3v) is 3.42. The lowest BCUT2D eigenvalue weighted by molar-refractivity contribution is 1.14. The molecule has 2 aromatic carbocycles.